The molecule has 0 radical (unpaired) electrons. The van der Waals surface area contributed by atoms with Gasteiger partial charge in [0.15, 0.2) is 5.82 Å². The minimum absolute atomic E-state index is 0.248. The number of hydrogen-bond donors (Lipinski definition) is 2. The topological polar surface area (TPSA) is 84.3 Å². The van der Waals surface area contributed by atoms with Crippen LogP contribution in [0.25, 0.3) is 0 Å². The van der Waals surface area contributed by atoms with Crippen LogP contribution in [0.2, 0.25) is 5.02 Å². The summed E-state index contributed by atoms with van der Waals surface area (Å²) in [6.07, 6.45) is -4.06. The van der Waals surface area contributed by atoms with E-state index in [1.54, 1.807) is 5.32 Å². The smallest absolute Gasteiger partial charge is 0.422 e. The number of halogens is 4. The number of aromatic nitrogens is 2. The Morgan fingerprint density at radius 3 is 2.53 bits per heavy atom. The zero-order chi connectivity index (χ0) is 14.8. The van der Waals surface area contributed by atoms with Crippen LogP contribution < -0.4 is 10.1 Å². The maximum absolute atomic E-state index is 12.8. The Balaban J connectivity index is 3.21. The molecule has 1 heterocycles. The van der Waals surface area contributed by atoms with Gasteiger partial charge in [0, 0.05) is 0 Å². The maximum Gasteiger partial charge on any atom is 0.422 e. The summed E-state index contributed by atoms with van der Waals surface area (Å²) >= 11 is 5.61. The van der Waals surface area contributed by atoms with E-state index in [4.69, 9.17) is 16.7 Å². The van der Waals surface area contributed by atoms with E-state index in [1.807, 2.05) is 0 Å². The van der Waals surface area contributed by atoms with Gasteiger partial charge in [-0.1, -0.05) is 11.6 Å². The molecule has 1 unspecified atom stereocenters. The molecule has 1 atom stereocenters. The fourth-order valence-electron chi connectivity index (χ4n) is 1.02. The lowest BCUT2D eigenvalue weighted by Crippen LogP contribution is -2.55. The summed E-state index contributed by atoms with van der Waals surface area (Å²) in [7, 11) is 1.20. The van der Waals surface area contributed by atoms with E-state index in [-0.39, 0.29) is 11.0 Å². The minimum atomic E-state index is -5.06. The van der Waals surface area contributed by atoms with E-state index >= 15 is 0 Å². The number of aliphatic carboxylic acids is 1. The van der Waals surface area contributed by atoms with Crippen LogP contribution in [-0.4, -0.2) is 39.9 Å². The van der Waals surface area contributed by atoms with E-state index in [0.717, 1.165) is 6.20 Å². The summed E-state index contributed by atoms with van der Waals surface area (Å²) in [6.45, 7) is 0.459. The molecule has 0 aliphatic rings. The van der Waals surface area contributed by atoms with Gasteiger partial charge in [0.25, 0.3) is 0 Å². The highest BCUT2D eigenvalue weighted by atomic mass is 35.5. The molecule has 10 heteroatoms. The first-order valence-electron chi connectivity index (χ1n) is 4.76. The Morgan fingerprint density at radius 1 is 1.53 bits per heavy atom. The van der Waals surface area contributed by atoms with Crippen molar-refractivity contribution in [1.82, 2.24) is 9.97 Å². The van der Waals surface area contributed by atoms with E-state index in [0.29, 0.717) is 6.92 Å². The highest BCUT2D eigenvalue weighted by molar-refractivity contribution is 6.32. The number of hydrogen-bond acceptors (Lipinski definition) is 5. The van der Waals surface area contributed by atoms with Crippen LogP contribution >= 0.6 is 11.6 Å². The lowest BCUT2D eigenvalue weighted by molar-refractivity contribution is -0.192. The Labute approximate surface area is 110 Å². The Bertz CT molecular complexity index is 497. The van der Waals surface area contributed by atoms with Gasteiger partial charge in [-0.05, 0) is 6.92 Å². The molecule has 0 saturated carbocycles. The van der Waals surface area contributed by atoms with Crippen molar-refractivity contribution in [1.29, 1.82) is 0 Å². The highest BCUT2D eigenvalue weighted by Crippen LogP contribution is 2.35. The molecule has 2 N–H and O–H groups in total. The van der Waals surface area contributed by atoms with E-state index < -0.39 is 23.5 Å². The number of nitrogens with one attached hydrogen (secondary N) is 1. The first-order valence-corrected chi connectivity index (χ1v) is 5.14. The van der Waals surface area contributed by atoms with Gasteiger partial charge in [-0.2, -0.15) is 18.2 Å². The standard InChI is InChI=1S/C9H9ClF3N3O3/c1-8(6(17)18,9(11,12)13)16-5-4(10)3-14-7(15-5)19-2/h3H,1-2H3,(H,17,18)(H,14,15,16). The van der Waals surface area contributed by atoms with Crippen molar-refractivity contribution in [2.75, 3.05) is 12.4 Å². The van der Waals surface area contributed by atoms with Gasteiger partial charge in [0.2, 0.25) is 5.54 Å². The van der Waals surface area contributed by atoms with Gasteiger partial charge < -0.3 is 15.2 Å². The average Bonchev–Trinajstić information content (AvgIpc) is 2.30. The number of carbonyl (C=O) groups is 1. The number of carboxylic acid groups (broad SMARTS) is 1. The molecule has 0 fully saturated rings. The number of rotatable bonds is 4. The first-order chi connectivity index (χ1) is 8.61. The average molecular weight is 300 g/mol. The third-order valence-electron chi connectivity index (χ3n) is 2.27. The lowest BCUT2D eigenvalue weighted by Gasteiger charge is -2.29. The Kier molecular flexibility index (Phi) is 4.09. The predicted molar refractivity (Wildman–Crippen MR) is 59.3 cm³/mol. The van der Waals surface area contributed by atoms with Crippen molar-refractivity contribution in [3.8, 4) is 6.01 Å². The van der Waals surface area contributed by atoms with Gasteiger partial charge in [-0.15, -0.1) is 0 Å². The molecule has 0 saturated heterocycles. The van der Waals surface area contributed by atoms with E-state index in [1.165, 1.54) is 7.11 Å². The number of carboxylic acids is 1. The number of ether oxygens (including phenoxy) is 1. The third kappa shape index (κ3) is 2.98. The SMILES string of the molecule is COc1ncc(Cl)c(NC(C)(C(=O)O)C(F)(F)F)n1. The van der Waals surface area contributed by atoms with E-state index in [9.17, 15) is 18.0 Å². The van der Waals surface area contributed by atoms with Crippen LogP contribution in [0.15, 0.2) is 6.20 Å². The maximum atomic E-state index is 12.8. The number of nitrogens with zero attached hydrogens (tertiary/aromatic N) is 2. The van der Waals surface area contributed by atoms with Crippen LogP contribution in [0, 0.1) is 0 Å². The summed E-state index contributed by atoms with van der Waals surface area (Å²) in [5.74, 6) is -2.61. The molecule has 0 aromatic carbocycles. The zero-order valence-corrected chi connectivity index (χ0v) is 10.5. The van der Waals surface area contributed by atoms with Gasteiger partial charge in [0.05, 0.1) is 13.3 Å². The largest absolute Gasteiger partial charge is 0.479 e. The molecule has 0 spiro atoms. The quantitative estimate of drug-likeness (QED) is 0.884. The molecule has 19 heavy (non-hydrogen) atoms. The van der Waals surface area contributed by atoms with Gasteiger partial charge in [-0.25, -0.2) is 9.78 Å². The molecular weight excluding hydrogens is 291 g/mol. The second kappa shape index (κ2) is 5.08. The van der Waals surface area contributed by atoms with Crippen LogP contribution in [0.1, 0.15) is 6.92 Å². The number of alkyl halides is 3. The Morgan fingerprint density at radius 2 is 2.11 bits per heavy atom. The highest BCUT2D eigenvalue weighted by Gasteiger charge is 2.58. The third-order valence-corrected chi connectivity index (χ3v) is 2.54. The molecule has 1 aromatic heterocycles. The van der Waals surface area contributed by atoms with Crippen LogP contribution in [-0.2, 0) is 4.79 Å². The summed E-state index contributed by atoms with van der Waals surface area (Å²) in [4.78, 5) is 17.9. The summed E-state index contributed by atoms with van der Waals surface area (Å²) in [6, 6.07) is -0.248. The van der Waals surface area contributed by atoms with Crippen LogP contribution in [0.4, 0.5) is 19.0 Å². The van der Waals surface area contributed by atoms with E-state index in [2.05, 4.69) is 14.7 Å². The normalized spacial score (nSPS) is 14.6. The summed E-state index contributed by atoms with van der Waals surface area (Å²) < 4.78 is 43.0. The molecule has 0 aliphatic heterocycles. The number of methoxy groups -OCH3 is 1. The lowest BCUT2D eigenvalue weighted by atomic mass is 10.0. The van der Waals surface area contributed by atoms with Crippen molar-refractivity contribution in [3.05, 3.63) is 11.2 Å². The minimum Gasteiger partial charge on any atom is -0.479 e. The molecule has 6 nitrogen and oxygen atoms in total. The molecular formula is C9H9ClF3N3O3. The molecule has 106 valence electrons. The predicted octanol–water partition coefficient (Wildman–Crippen LogP) is 1.96. The fraction of sp³-hybridized carbons (Fsp3) is 0.444. The molecule has 0 amide bonds. The zero-order valence-electron chi connectivity index (χ0n) is 9.75. The molecule has 0 aliphatic carbocycles. The summed E-state index contributed by atoms with van der Waals surface area (Å²) in [5, 5.41) is 10.2. The van der Waals surface area contributed by atoms with Gasteiger partial charge >= 0.3 is 18.2 Å². The summed E-state index contributed by atoms with van der Waals surface area (Å²) in [5.41, 5.74) is -3.24. The van der Waals surface area contributed by atoms with Crippen molar-refractivity contribution >= 4 is 23.4 Å². The van der Waals surface area contributed by atoms with Crippen LogP contribution in [0.3, 0.4) is 0 Å². The van der Waals surface area contributed by atoms with Crippen molar-refractivity contribution in [2.24, 2.45) is 0 Å². The Hall–Kier alpha value is -1.77. The second-order valence-electron chi connectivity index (χ2n) is 3.61. The molecule has 1 aromatic rings. The molecule has 1 rings (SSSR count). The van der Waals surface area contributed by atoms with Crippen molar-refractivity contribution in [3.63, 3.8) is 0 Å². The first kappa shape index (κ1) is 15.3. The van der Waals surface area contributed by atoms with Gasteiger partial charge in [-0.3, -0.25) is 0 Å². The van der Waals surface area contributed by atoms with Crippen molar-refractivity contribution < 1.29 is 27.8 Å². The second-order valence-corrected chi connectivity index (χ2v) is 4.01. The van der Waals surface area contributed by atoms with Crippen LogP contribution in [0.5, 0.6) is 6.01 Å². The fourth-order valence-corrected chi connectivity index (χ4v) is 1.16. The molecule has 0 bridgehead atoms. The number of anilines is 1. The monoisotopic (exact) mass is 299 g/mol. The van der Waals surface area contributed by atoms with Crippen molar-refractivity contribution in [2.45, 2.75) is 18.6 Å². The van der Waals surface area contributed by atoms with Gasteiger partial charge in [0.1, 0.15) is 5.02 Å².